The molecule has 0 amide bonds. The third-order valence-electron chi connectivity index (χ3n) is 3.43. The molecule has 20 heavy (non-hydrogen) atoms. The topological polar surface area (TPSA) is 35.2 Å². The maximum absolute atomic E-state index is 13.3. The fourth-order valence-corrected chi connectivity index (χ4v) is 2.70. The molecule has 0 fully saturated rings. The van der Waals surface area contributed by atoms with Crippen molar-refractivity contribution in [3.63, 3.8) is 0 Å². The summed E-state index contributed by atoms with van der Waals surface area (Å²) in [6.45, 7) is 0. The number of hydrogen-bond acceptors (Lipinski definition) is 2. The van der Waals surface area contributed by atoms with E-state index in [2.05, 4.69) is 0 Å². The van der Waals surface area contributed by atoms with E-state index in [1.807, 2.05) is 6.07 Å². The van der Waals surface area contributed by atoms with Gasteiger partial charge in [-0.25, -0.2) is 4.39 Å². The Labute approximate surface area is 126 Å². The molecule has 5 heteroatoms. The van der Waals surface area contributed by atoms with Crippen LogP contribution in [0.15, 0.2) is 36.4 Å². The summed E-state index contributed by atoms with van der Waals surface area (Å²) >= 11 is 11.9. The molecule has 2 aromatic rings. The summed E-state index contributed by atoms with van der Waals surface area (Å²) in [5.74, 6) is 0.144. The third kappa shape index (κ3) is 2.49. The number of rotatable bonds is 1. The first-order valence-electron chi connectivity index (χ1n) is 6.21. The monoisotopic (exact) mass is 311 g/mol. The van der Waals surface area contributed by atoms with Crippen LogP contribution in [0.25, 0.3) is 0 Å². The maximum Gasteiger partial charge on any atom is 0.127 e. The fourth-order valence-electron chi connectivity index (χ4n) is 2.39. The molecule has 1 aliphatic rings. The Hall–Kier alpha value is -1.29. The summed E-state index contributed by atoms with van der Waals surface area (Å²) in [6.07, 6.45) is 0.352. The van der Waals surface area contributed by atoms with E-state index < -0.39 is 0 Å². The summed E-state index contributed by atoms with van der Waals surface area (Å²) < 4.78 is 19.2. The lowest BCUT2D eigenvalue weighted by molar-refractivity contribution is 0.161. The highest BCUT2D eigenvalue weighted by molar-refractivity contribution is 6.42. The zero-order chi connectivity index (χ0) is 14.3. The Balaban J connectivity index is 1.96. The largest absolute Gasteiger partial charge is 0.485 e. The SMILES string of the molecule is N[C@@H]1CC(c2ccc(Cl)c(Cl)c2)Oc2cc(F)ccc21. The van der Waals surface area contributed by atoms with Gasteiger partial charge in [0.25, 0.3) is 0 Å². The molecule has 0 radical (unpaired) electrons. The van der Waals surface area contributed by atoms with E-state index in [0.717, 1.165) is 11.1 Å². The van der Waals surface area contributed by atoms with Crippen LogP contribution in [0.1, 0.15) is 29.7 Å². The van der Waals surface area contributed by atoms with Crippen LogP contribution in [0.4, 0.5) is 4.39 Å². The van der Waals surface area contributed by atoms with E-state index >= 15 is 0 Å². The Morgan fingerprint density at radius 1 is 1.10 bits per heavy atom. The van der Waals surface area contributed by atoms with Crippen LogP contribution in [0.2, 0.25) is 10.0 Å². The van der Waals surface area contributed by atoms with Gasteiger partial charge in [0.05, 0.1) is 10.0 Å². The first-order valence-corrected chi connectivity index (χ1v) is 6.97. The highest BCUT2D eigenvalue weighted by Crippen LogP contribution is 2.40. The van der Waals surface area contributed by atoms with Gasteiger partial charge in [0.2, 0.25) is 0 Å². The average Bonchev–Trinajstić information content (AvgIpc) is 2.41. The summed E-state index contributed by atoms with van der Waals surface area (Å²) in [7, 11) is 0. The number of halogens is 3. The molecule has 2 atom stereocenters. The van der Waals surface area contributed by atoms with Gasteiger partial charge in [-0.15, -0.1) is 0 Å². The highest BCUT2D eigenvalue weighted by atomic mass is 35.5. The number of ether oxygens (including phenoxy) is 1. The summed E-state index contributed by atoms with van der Waals surface area (Å²) in [5.41, 5.74) is 7.83. The first-order chi connectivity index (χ1) is 9.54. The molecular weight excluding hydrogens is 300 g/mol. The van der Waals surface area contributed by atoms with E-state index in [1.54, 1.807) is 18.2 Å². The van der Waals surface area contributed by atoms with Crippen molar-refractivity contribution in [2.75, 3.05) is 0 Å². The smallest absolute Gasteiger partial charge is 0.127 e. The van der Waals surface area contributed by atoms with E-state index in [-0.39, 0.29) is 18.0 Å². The van der Waals surface area contributed by atoms with E-state index in [9.17, 15) is 4.39 Å². The Kier molecular flexibility index (Phi) is 3.59. The van der Waals surface area contributed by atoms with Crippen molar-refractivity contribution in [1.82, 2.24) is 0 Å². The van der Waals surface area contributed by atoms with Crippen LogP contribution in [0.3, 0.4) is 0 Å². The van der Waals surface area contributed by atoms with E-state index in [1.165, 1.54) is 12.1 Å². The summed E-state index contributed by atoms with van der Waals surface area (Å²) in [6, 6.07) is 9.54. The summed E-state index contributed by atoms with van der Waals surface area (Å²) in [5, 5.41) is 0.952. The van der Waals surface area contributed by atoms with Gasteiger partial charge in [-0.05, 0) is 23.8 Å². The lowest BCUT2D eigenvalue weighted by Crippen LogP contribution is -2.24. The minimum absolute atomic E-state index is 0.196. The molecule has 1 aliphatic heterocycles. The highest BCUT2D eigenvalue weighted by Gasteiger charge is 2.27. The zero-order valence-corrected chi connectivity index (χ0v) is 12.0. The van der Waals surface area contributed by atoms with Crippen molar-refractivity contribution in [1.29, 1.82) is 0 Å². The van der Waals surface area contributed by atoms with Gasteiger partial charge in [-0.3, -0.25) is 0 Å². The molecule has 0 saturated carbocycles. The molecule has 0 aromatic heterocycles. The van der Waals surface area contributed by atoms with Crippen molar-refractivity contribution >= 4 is 23.2 Å². The Bertz CT molecular complexity index is 662. The molecule has 2 nitrogen and oxygen atoms in total. The second kappa shape index (κ2) is 5.24. The third-order valence-corrected chi connectivity index (χ3v) is 4.17. The maximum atomic E-state index is 13.3. The first kappa shape index (κ1) is 13.7. The predicted octanol–water partition coefficient (Wildman–Crippen LogP) is 4.66. The van der Waals surface area contributed by atoms with Gasteiger partial charge in [0, 0.05) is 24.1 Å². The standard InChI is InChI=1S/C15H12Cl2FNO/c16-11-4-1-8(5-12(11)17)14-7-13(19)10-3-2-9(18)6-15(10)20-14/h1-6,13-14H,7,19H2/t13-,14?/m1/s1. The predicted molar refractivity (Wildman–Crippen MR) is 77.8 cm³/mol. The van der Waals surface area contributed by atoms with Gasteiger partial charge in [-0.2, -0.15) is 0 Å². The van der Waals surface area contributed by atoms with E-state index in [0.29, 0.717) is 22.2 Å². The van der Waals surface area contributed by atoms with Gasteiger partial charge >= 0.3 is 0 Å². The Morgan fingerprint density at radius 3 is 2.65 bits per heavy atom. The molecule has 1 unspecified atom stereocenters. The van der Waals surface area contributed by atoms with Crippen LogP contribution in [-0.2, 0) is 0 Å². The lowest BCUT2D eigenvalue weighted by Gasteiger charge is -2.30. The van der Waals surface area contributed by atoms with Gasteiger partial charge in [0.1, 0.15) is 17.7 Å². The van der Waals surface area contributed by atoms with Gasteiger partial charge in [0.15, 0.2) is 0 Å². The molecule has 2 N–H and O–H groups in total. The van der Waals surface area contributed by atoms with Crippen LogP contribution >= 0.6 is 23.2 Å². The van der Waals surface area contributed by atoms with Crippen molar-refractivity contribution in [3.8, 4) is 5.75 Å². The van der Waals surface area contributed by atoms with Crippen LogP contribution < -0.4 is 10.5 Å². The minimum atomic E-state index is -0.342. The zero-order valence-electron chi connectivity index (χ0n) is 10.4. The lowest BCUT2D eigenvalue weighted by atomic mass is 9.93. The quantitative estimate of drug-likeness (QED) is 0.831. The van der Waals surface area contributed by atoms with Crippen molar-refractivity contribution in [2.24, 2.45) is 5.73 Å². The molecule has 0 saturated heterocycles. The fraction of sp³-hybridized carbons (Fsp3) is 0.200. The van der Waals surface area contributed by atoms with Crippen molar-refractivity contribution in [3.05, 3.63) is 63.4 Å². The molecule has 0 spiro atoms. The number of hydrogen-bond donors (Lipinski definition) is 1. The number of fused-ring (bicyclic) bond motifs is 1. The average molecular weight is 312 g/mol. The minimum Gasteiger partial charge on any atom is -0.485 e. The second-order valence-corrected chi connectivity index (χ2v) is 5.62. The number of benzene rings is 2. The molecule has 2 aromatic carbocycles. The van der Waals surface area contributed by atoms with Gasteiger partial charge < -0.3 is 10.5 Å². The van der Waals surface area contributed by atoms with Crippen LogP contribution in [0.5, 0.6) is 5.75 Å². The second-order valence-electron chi connectivity index (χ2n) is 4.80. The molecule has 104 valence electrons. The molecule has 0 aliphatic carbocycles. The number of nitrogens with two attached hydrogens (primary N) is 1. The van der Waals surface area contributed by atoms with Crippen LogP contribution in [-0.4, -0.2) is 0 Å². The van der Waals surface area contributed by atoms with Crippen LogP contribution in [0, 0.1) is 5.82 Å². The van der Waals surface area contributed by atoms with Crippen molar-refractivity contribution < 1.29 is 9.13 Å². The molecule has 0 bridgehead atoms. The summed E-state index contributed by atoms with van der Waals surface area (Å²) in [4.78, 5) is 0. The van der Waals surface area contributed by atoms with E-state index in [4.69, 9.17) is 33.7 Å². The molecular formula is C15H12Cl2FNO. The molecule has 1 heterocycles. The molecule has 3 rings (SSSR count). The Morgan fingerprint density at radius 2 is 1.90 bits per heavy atom. The normalized spacial score (nSPS) is 21.2. The van der Waals surface area contributed by atoms with Crippen molar-refractivity contribution in [2.45, 2.75) is 18.6 Å². The van der Waals surface area contributed by atoms with Gasteiger partial charge in [-0.1, -0.05) is 35.3 Å².